The Labute approximate surface area is 249 Å². The lowest BCUT2D eigenvalue weighted by Gasteiger charge is -2.34. The van der Waals surface area contributed by atoms with Crippen LogP contribution in [0.1, 0.15) is 37.0 Å². The van der Waals surface area contributed by atoms with Gasteiger partial charge < -0.3 is 19.7 Å². The average Bonchev–Trinajstić information content (AvgIpc) is 2.97. The smallest absolute Gasteiger partial charge is 0.244 e. The molecule has 0 aliphatic rings. The molecule has 0 radical (unpaired) electrons. The topological polar surface area (TPSA) is 105 Å². The van der Waals surface area contributed by atoms with Gasteiger partial charge in [-0.05, 0) is 61.2 Å². The fraction of sp³-hybridized carbons (Fsp3) is 0.375. The predicted octanol–water partition coefficient (Wildman–Crippen LogP) is 4.33. The maximum Gasteiger partial charge on any atom is 0.244 e. The molecule has 0 heterocycles. The van der Waals surface area contributed by atoms with Crippen molar-refractivity contribution in [2.45, 2.75) is 52.2 Å². The van der Waals surface area contributed by atoms with Crippen LogP contribution in [-0.4, -0.2) is 64.2 Å². The predicted molar refractivity (Wildman–Crippen MR) is 165 cm³/mol. The number of sulfonamides is 1. The van der Waals surface area contributed by atoms with Gasteiger partial charge in [0.05, 0.1) is 26.2 Å². The maximum atomic E-state index is 14.3. The molecule has 2 amide bonds. The number of anilines is 1. The van der Waals surface area contributed by atoms with Crippen molar-refractivity contribution >= 4 is 27.5 Å². The zero-order valence-electron chi connectivity index (χ0n) is 25.2. The number of benzene rings is 3. The van der Waals surface area contributed by atoms with E-state index in [1.54, 1.807) is 37.4 Å². The number of hydrogen-bond acceptors (Lipinski definition) is 6. The molecule has 0 aromatic heterocycles. The summed E-state index contributed by atoms with van der Waals surface area (Å²) in [6.45, 7) is 5.24. The monoisotopic (exact) mass is 595 g/mol. The lowest BCUT2D eigenvalue weighted by molar-refractivity contribution is -0.140. The number of carbonyl (C=O) groups excluding carboxylic acids is 2. The molecule has 3 aromatic carbocycles. The van der Waals surface area contributed by atoms with E-state index in [-0.39, 0.29) is 30.6 Å². The van der Waals surface area contributed by atoms with E-state index in [0.717, 1.165) is 27.3 Å². The number of nitrogens with zero attached hydrogens (tertiary/aromatic N) is 2. The summed E-state index contributed by atoms with van der Waals surface area (Å²) in [5, 5.41) is 3.03. The molecule has 0 fully saturated rings. The minimum Gasteiger partial charge on any atom is -0.497 e. The number of nitrogens with one attached hydrogen (secondary N) is 1. The standard InChI is InChI=1S/C32H41N3O6S/c1-7-24(3)33-32(37)29(20-25-12-9-8-10-13-25)34(21-26-14-11-15-27(19-26)40-4)31(36)22-35(42(6,38)39)28-18-23(2)16-17-30(28)41-5/h8-19,24,29H,7,20-22H2,1-6H3,(H,33,37)/t24-,29-/m0/s1. The van der Waals surface area contributed by atoms with Crippen LogP contribution < -0.4 is 19.1 Å². The van der Waals surface area contributed by atoms with Crippen molar-refractivity contribution < 1.29 is 27.5 Å². The van der Waals surface area contributed by atoms with Gasteiger partial charge in [-0.25, -0.2) is 8.42 Å². The minimum atomic E-state index is -3.92. The van der Waals surface area contributed by atoms with E-state index in [1.807, 2.05) is 63.2 Å². The molecular formula is C32H41N3O6S. The number of amides is 2. The molecule has 0 unspecified atom stereocenters. The third kappa shape index (κ3) is 8.72. The zero-order valence-corrected chi connectivity index (χ0v) is 26.0. The lowest BCUT2D eigenvalue weighted by Crippen LogP contribution is -2.54. The van der Waals surface area contributed by atoms with Crippen LogP contribution in [0.25, 0.3) is 0 Å². The molecule has 9 nitrogen and oxygen atoms in total. The first kappa shape index (κ1) is 32.5. The second-order valence-electron chi connectivity index (χ2n) is 10.3. The van der Waals surface area contributed by atoms with Gasteiger partial charge in [-0.1, -0.05) is 55.5 Å². The van der Waals surface area contributed by atoms with Gasteiger partial charge in [-0.3, -0.25) is 13.9 Å². The van der Waals surface area contributed by atoms with Gasteiger partial charge in [0.1, 0.15) is 24.1 Å². The third-order valence-electron chi connectivity index (χ3n) is 7.04. The molecule has 2 atom stereocenters. The Morgan fingerprint density at radius 1 is 0.929 bits per heavy atom. The number of methoxy groups -OCH3 is 2. The van der Waals surface area contributed by atoms with Gasteiger partial charge in [0.25, 0.3) is 0 Å². The third-order valence-corrected chi connectivity index (χ3v) is 8.17. The van der Waals surface area contributed by atoms with Crippen molar-refractivity contribution in [3.05, 3.63) is 89.5 Å². The number of aryl methyl sites for hydroxylation is 1. The molecule has 10 heteroatoms. The Balaban J connectivity index is 2.12. The number of rotatable bonds is 14. The normalized spacial score (nSPS) is 12.6. The van der Waals surface area contributed by atoms with Crippen LogP contribution in [-0.2, 0) is 32.6 Å². The van der Waals surface area contributed by atoms with Crippen molar-refractivity contribution in [1.29, 1.82) is 0 Å². The first-order valence-electron chi connectivity index (χ1n) is 13.9. The van der Waals surface area contributed by atoms with Crippen LogP contribution in [0.15, 0.2) is 72.8 Å². The summed E-state index contributed by atoms with van der Waals surface area (Å²) in [4.78, 5) is 29.5. The Hall–Kier alpha value is -4.05. The van der Waals surface area contributed by atoms with Gasteiger partial charge in [0.15, 0.2) is 0 Å². The van der Waals surface area contributed by atoms with Crippen LogP contribution in [0.2, 0.25) is 0 Å². The van der Waals surface area contributed by atoms with E-state index < -0.39 is 28.5 Å². The minimum absolute atomic E-state index is 0.0595. The van der Waals surface area contributed by atoms with Crippen LogP contribution in [0.4, 0.5) is 5.69 Å². The van der Waals surface area contributed by atoms with Crippen molar-refractivity contribution in [3.8, 4) is 11.5 Å². The van der Waals surface area contributed by atoms with Gasteiger partial charge in [0, 0.05) is 19.0 Å². The average molecular weight is 596 g/mol. The van der Waals surface area contributed by atoms with Crippen LogP contribution in [0.3, 0.4) is 0 Å². The van der Waals surface area contributed by atoms with Crippen LogP contribution in [0.5, 0.6) is 11.5 Å². The Morgan fingerprint density at radius 3 is 2.24 bits per heavy atom. The number of ether oxygens (including phenoxy) is 2. The molecule has 0 aliphatic carbocycles. The van der Waals surface area contributed by atoms with Gasteiger partial charge in [0.2, 0.25) is 21.8 Å². The van der Waals surface area contributed by atoms with Crippen molar-refractivity contribution in [3.63, 3.8) is 0 Å². The first-order valence-corrected chi connectivity index (χ1v) is 15.7. The molecule has 42 heavy (non-hydrogen) atoms. The molecule has 3 aromatic rings. The van der Waals surface area contributed by atoms with E-state index >= 15 is 0 Å². The largest absolute Gasteiger partial charge is 0.497 e. The summed E-state index contributed by atoms with van der Waals surface area (Å²) in [7, 11) is -0.922. The molecule has 3 rings (SSSR count). The fourth-order valence-corrected chi connectivity index (χ4v) is 5.40. The van der Waals surface area contributed by atoms with Crippen LogP contribution in [0, 0.1) is 6.92 Å². The maximum absolute atomic E-state index is 14.3. The molecule has 0 aliphatic heterocycles. The Bertz CT molecular complexity index is 1460. The molecule has 1 N–H and O–H groups in total. The Kier molecular flexibility index (Phi) is 11.4. The molecule has 226 valence electrons. The van der Waals surface area contributed by atoms with Gasteiger partial charge in [-0.15, -0.1) is 0 Å². The van der Waals surface area contributed by atoms with E-state index in [9.17, 15) is 18.0 Å². The van der Waals surface area contributed by atoms with E-state index in [0.29, 0.717) is 17.9 Å². The fourth-order valence-electron chi connectivity index (χ4n) is 4.55. The van der Waals surface area contributed by atoms with Crippen molar-refractivity contribution in [2.75, 3.05) is 31.3 Å². The molecular weight excluding hydrogens is 554 g/mol. The molecule has 0 saturated carbocycles. The molecule has 0 spiro atoms. The second-order valence-corrected chi connectivity index (χ2v) is 12.2. The van der Waals surface area contributed by atoms with E-state index in [1.165, 1.54) is 12.0 Å². The molecule has 0 bridgehead atoms. The highest BCUT2D eigenvalue weighted by Gasteiger charge is 2.34. The summed E-state index contributed by atoms with van der Waals surface area (Å²) in [6.07, 6.45) is 2.00. The first-order chi connectivity index (χ1) is 20.0. The van der Waals surface area contributed by atoms with Gasteiger partial charge >= 0.3 is 0 Å². The van der Waals surface area contributed by atoms with Gasteiger partial charge in [-0.2, -0.15) is 0 Å². The summed E-state index contributed by atoms with van der Waals surface area (Å²) >= 11 is 0. The highest BCUT2D eigenvalue weighted by molar-refractivity contribution is 7.92. The summed E-state index contributed by atoms with van der Waals surface area (Å²) in [5.74, 6) is 0.0647. The van der Waals surface area contributed by atoms with Crippen molar-refractivity contribution in [1.82, 2.24) is 10.2 Å². The summed E-state index contributed by atoms with van der Waals surface area (Å²) in [6, 6.07) is 20.8. The lowest BCUT2D eigenvalue weighted by atomic mass is 10.0. The highest BCUT2D eigenvalue weighted by Crippen LogP contribution is 2.31. The zero-order chi connectivity index (χ0) is 30.9. The summed E-state index contributed by atoms with van der Waals surface area (Å²) in [5.41, 5.74) is 2.65. The molecule has 0 saturated heterocycles. The second kappa shape index (κ2) is 14.7. The number of carbonyl (C=O) groups is 2. The van der Waals surface area contributed by atoms with E-state index in [4.69, 9.17) is 9.47 Å². The quantitative estimate of drug-likeness (QED) is 0.298. The van der Waals surface area contributed by atoms with E-state index in [2.05, 4.69) is 5.32 Å². The SMILES string of the molecule is CC[C@H](C)NC(=O)[C@H](Cc1ccccc1)N(Cc1cccc(OC)c1)C(=O)CN(c1cc(C)ccc1OC)S(C)(=O)=O. The van der Waals surface area contributed by atoms with Crippen molar-refractivity contribution in [2.24, 2.45) is 0 Å². The number of hydrogen-bond donors (Lipinski definition) is 1. The Morgan fingerprint density at radius 2 is 1.62 bits per heavy atom. The summed E-state index contributed by atoms with van der Waals surface area (Å²) < 4.78 is 38.1. The van der Waals surface area contributed by atoms with Crippen LogP contribution >= 0.6 is 0 Å². The highest BCUT2D eigenvalue weighted by atomic mass is 32.2.